The number of unbranched alkanes of at least 4 members (excludes halogenated alkanes) is 18. The minimum absolute atomic E-state index is 0.334. The van der Waals surface area contributed by atoms with E-state index in [4.69, 9.17) is 18.3 Å². The van der Waals surface area contributed by atoms with Gasteiger partial charge in [-0.2, -0.15) is 0 Å². The lowest BCUT2D eigenvalue weighted by atomic mass is 10.0. The zero-order chi connectivity index (χ0) is 91.2. The van der Waals surface area contributed by atoms with Crippen LogP contribution in [0, 0.1) is 106 Å². The number of ether oxygens (including phenoxy) is 2. The van der Waals surface area contributed by atoms with Crippen molar-refractivity contribution in [2.45, 2.75) is 248 Å². The molecule has 13 rings (SSSR count). The van der Waals surface area contributed by atoms with Gasteiger partial charge in [0.1, 0.15) is 33.1 Å². The number of nitrogens with zero attached hydrogens (tertiary/aromatic N) is 10. The van der Waals surface area contributed by atoms with Crippen LogP contribution < -0.4 is 9.47 Å². The maximum absolute atomic E-state index is 14.5. The van der Waals surface area contributed by atoms with Gasteiger partial charge in [0, 0.05) is 81.8 Å². The highest BCUT2D eigenvalue weighted by atomic mass is 32.1. The fourth-order valence-electron chi connectivity index (χ4n) is 12.9. The largest absolute Gasteiger partial charge is 0.494 e. The molecule has 0 fully saturated rings. The monoisotopic (exact) mass is 1800 g/mol. The maximum Gasteiger partial charge on any atom is 0.294 e. The molecule has 6 heterocycles. The molecule has 0 aliphatic heterocycles. The first kappa shape index (κ1) is 99.6. The van der Waals surface area contributed by atoms with Gasteiger partial charge in [0.15, 0.2) is 20.0 Å². The van der Waals surface area contributed by atoms with Crippen LogP contribution in [0.1, 0.15) is 330 Å². The third kappa shape index (κ3) is 36.5. The van der Waals surface area contributed by atoms with Crippen molar-refractivity contribution in [1.82, 2.24) is 50.8 Å². The molecule has 666 valence electrons. The lowest BCUT2D eigenvalue weighted by Gasteiger charge is -2.05. The van der Waals surface area contributed by atoms with E-state index in [0.29, 0.717) is 55.8 Å². The molecule has 20 heteroatoms. The van der Waals surface area contributed by atoms with Gasteiger partial charge in [-0.1, -0.05) is 275 Å². The summed E-state index contributed by atoms with van der Waals surface area (Å²) in [6.45, 7) is 18.9. The van der Waals surface area contributed by atoms with Gasteiger partial charge >= 0.3 is 0 Å². The number of hydrogen-bond acceptors (Lipinski definition) is 18. The number of aromatic nitrogens is 10. The number of fused-ring (bicyclic) bond motifs is 1. The Balaban J connectivity index is 0.000000180. The number of benzene rings is 7. The van der Waals surface area contributed by atoms with E-state index in [9.17, 15) is 8.78 Å². The summed E-state index contributed by atoms with van der Waals surface area (Å²) in [4.78, 5) is 8.54. The molecule has 0 bridgehead atoms. The Kier molecular flexibility index (Phi) is 44.5. The summed E-state index contributed by atoms with van der Waals surface area (Å²) >= 11 is 6.15. The van der Waals surface area contributed by atoms with Crippen molar-refractivity contribution >= 4 is 55.6 Å². The van der Waals surface area contributed by atoms with Crippen LogP contribution in [0.5, 0.6) is 11.5 Å². The topological polar surface area (TPSA) is 174 Å². The number of rotatable bonds is 34. The maximum atomic E-state index is 14.5. The highest BCUT2D eigenvalue weighted by Crippen LogP contribution is 2.25. The number of hydrogen-bond donors (Lipinski definition) is 0. The van der Waals surface area contributed by atoms with Gasteiger partial charge in [-0.3, -0.25) is 0 Å². The lowest BCUT2D eigenvalue weighted by Crippen LogP contribution is -1.97. The van der Waals surface area contributed by atoms with Crippen molar-refractivity contribution in [2.24, 2.45) is 0 Å². The van der Waals surface area contributed by atoms with E-state index in [1.165, 1.54) is 143 Å². The number of para-hydroxylation sites is 1. The zero-order valence-corrected chi connectivity index (χ0v) is 79.4. The smallest absolute Gasteiger partial charge is 0.294 e. The van der Waals surface area contributed by atoms with Crippen molar-refractivity contribution in [3.05, 3.63) is 289 Å². The van der Waals surface area contributed by atoms with E-state index in [2.05, 4.69) is 213 Å². The highest BCUT2D eigenvalue weighted by molar-refractivity contribution is 7.19. The predicted octanol–water partition coefficient (Wildman–Crippen LogP) is 26.3. The van der Waals surface area contributed by atoms with Crippen molar-refractivity contribution in [3.63, 3.8) is 0 Å². The predicted molar refractivity (Wildman–Crippen MR) is 526 cm³/mol. The minimum Gasteiger partial charge on any atom is -0.494 e. The van der Waals surface area contributed by atoms with Crippen molar-refractivity contribution < 1.29 is 27.1 Å². The van der Waals surface area contributed by atoms with Crippen LogP contribution in [0.25, 0.3) is 10.2 Å². The van der Waals surface area contributed by atoms with E-state index in [1.54, 1.807) is 53.1 Å². The van der Waals surface area contributed by atoms with Crippen LogP contribution in [-0.4, -0.2) is 64.0 Å². The molecule has 0 amide bonds. The van der Waals surface area contributed by atoms with Gasteiger partial charge in [0.25, 0.3) is 11.8 Å². The number of aryl methyl sites for hydroxylation is 6. The number of halogens is 2. The third-order valence-electron chi connectivity index (χ3n) is 20.3. The van der Waals surface area contributed by atoms with Crippen LogP contribution in [0.3, 0.4) is 0 Å². The normalized spacial score (nSPS) is 10.3. The van der Waals surface area contributed by atoms with Gasteiger partial charge in [-0.25, -0.2) is 18.7 Å². The molecule has 0 saturated heterocycles. The molecule has 13 aromatic rings. The van der Waals surface area contributed by atoms with Gasteiger partial charge in [-0.15, -0.1) is 53.3 Å². The second-order valence-electron chi connectivity index (χ2n) is 30.8. The van der Waals surface area contributed by atoms with Crippen LogP contribution in [0.4, 0.5) is 8.78 Å². The van der Waals surface area contributed by atoms with Crippen LogP contribution in [0.15, 0.2) is 166 Å². The molecular formula is C110H114F2N10O4S4. The molecule has 0 N–H and O–H groups in total. The SMILES string of the molecule is CCCCCCCOc1ccc(C#Cc2ccc(C#Cc3nc4ccccc4s3)c(F)c2)cc1.CCCCCCCOc1ccc(C#Cc2ccc(C#Cc3nccs3)c(F)c2)cc1.CCCCCCc1nnc(C#Cc2ccc(C#Cc3nnc(CCCCCC)s3)c(CC)c2)s1.CCCCCc1nnc(C#Cc2ccc(C#Cc3nnc(CCCCC)o3)c(CC)c2)o1. The van der Waals surface area contributed by atoms with E-state index in [-0.39, 0.29) is 11.6 Å². The average molecular weight is 1810 g/mol. The minimum atomic E-state index is -0.386. The lowest BCUT2D eigenvalue weighted by molar-refractivity contribution is 0.304. The average Bonchev–Trinajstić information content (AvgIpc) is 1.74. The van der Waals surface area contributed by atoms with Crippen molar-refractivity contribution in [1.29, 1.82) is 0 Å². The molecule has 0 spiro atoms. The Bertz CT molecular complexity index is 6170. The van der Waals surface area contributed by atoms with E-state index in [0.717, 1.165) is 184 Å². The van der Waals surface area contributed by atoms with Gasteiger partial charge < -0.3 is 18.3 Å². The molecule has 0 radical (unpaired) electrons. The Hall–Kier alpha value is -12.6. The Labute approximate surface area is 784 Å². The summed E-state index contributed by atoms with van der Waals surface area (Å²) in [5, 5.41) is 40.2. The van der Waals surface area contributed by atoms with Crippen LogP contribution in [-0.2, 0) is 38.5 Å². The molecule has 6 aromatic heterocycles. The molecule has 7 aromatic carbocycles. The first-order chi connectivity index (χ1) is 63.9. The van der Waals surface area contributed by atoms with Crippen molar-refractivity contribution in [3.8, 4) is 106 Å². The molecule has 130 heavy (non-hydrogen) atoms. The van der Waals surface area contributed by atoms with Crippen LogP contribution in [0.2, 0.25) is 0 Å². The van der Waals surface area contributed by atoms with Gasteiger partial charge in [0.2, 0.25) is 11.8 Å². The summed E-state index contributed by atoms with van der Waals surface area (Å²) in [5.74, 6) is 51.8. The molecular weight excluding hydrogens is 1690 g/mol. The standard InChI is InChI=1S/C30H26FNOS.C28H34N4S2.C26H24FNOS.C26H30N4O2/c1-2-3-4-5-8-21-33-26-18-14-23(15-19-26)11-12-24-13-16-25(27(31)22-24)17-20-30-32-28-9-6-7-10-29(28)34-30;1-4-7-9-11-13-25-29-31-27(33-25)19-16-22-15-17-24(23(6-3)21-22)18-20-28-32-30-26(34-28)14-12-10-8-5-2;1-2-3-4-5-6-18-29-24-14-10-21(11-15-24)7-8-22-9-12-23(25(27)20-22)13-16-26-28-17-19-30-26;1-4-7-9-11-23-27-29-25(31-23)17-14-20-13-15-22(21(6-3)19-20)16-18-26-30-28-24(32-26)12-10-8-5-2/h6-7,9-10,13-16,18-19,22H,2-5,8,21H2,1H3;15,17,21H,4-14H2,1-3H3;9-12,14-15,17,19-20H,2-6,18H2,1H3;13,15,19H,4-12H2,1-3H3. The molecule has 14 nitrogen and oxygen atoms in total. The van der Waals surface area contributed by atoms with Crippen molar-refractivity contribution in [2.75, 3.05) is 13.2 Å². The third-order valence-corrected chi connectivity index (χ3v) is 23.7. The summed E-state index contributed by atoms with van der Waals surface area (Å²) in [6.07, 6.45) is 35.9. The Morgan fingerprint density at radius 3 is 1.15 bits per heavy atom. The molecule has 0 atom stereocenters. The van der Waals surface area contributed by atoms with Crippen LogP contribution >= 0.6 is 45.3 Å². The molecule has 0 aliphatic rings. The van der Waals surface area contributed by atoms with E-state index < -0.39 is 0 Å². The number of thiazole rings is 2. The Morgan fingerprint density at radius 1 is 0.315 bits per heavy atom. The first-order valence-electron chi connectivity index (χ1n) is 45.9. The summed E-state index contributed by atoms with van der Waals surface area (Å²) < 4.78 is 52.7. The second kappa shape index (κ2) is 58.1. The fraction of sp³-hybridized carbons (Fsp3) is 0.364. The summed E-state index contributed by atoms with van der Waals surface area (Å²) in [6, 6.07) is 45.1. The molecule has 0 aliphatic carbocycles. The zero-order valence-electron chi connectivity index (χ0n) is 76.1. The highest BCUT2D eigenvalue weighted by Gasteiger charge is 2.12. The fourth-order valence-corrected chi connectivity index (χ4v) is 15.7. The second-order valence-corrected chi connectivity index (χ2v) is 34.8. The van der Waals surface area contributed by atoms with E-state index >= 15 is 0 Å². The summed E-state index contributed by atoms with van der Waals surface area (Å²) in [7, 11) is 0. The Morgan fingerprint density at radius 2 is 0.692 bits per heavy atom. The van der Waals surface area contributed by atoms with Gasteiger partial charge in [0.05, 0.1) is 34.6 Å². The first-order valence-corrected chi connectivity index (χ1v) is 49.2. The van der Waals surface area contributed by atoms with E-state index in [1.807, 2.05) is 102 Å². The molecule has 0 unspecified atom stereocenters. The quantitative estimate of drug-likeness (QED) is 0.0275. The molecule has 0 saturated carbocycles. The van der Waals surface area contributed by atoms with Gasteiger partial charge in [-0.05, 0) is 231 Å². The summed E-state index contributed by atoms with van der Waals surface area (Å²) in [5.41, 5.74) is 10.6.